The van der Waals surface area contributed by atoms with E-state index in [0.29, 0.717) is 5.56 Å². The van der Waals surface area contributed by atoms with Gasteiger partial charge in [0.05, 0.1) is 11.6 Å². The number of aromatic nitrogens is 3. The van der Waals surface area contributed by atoms with Crippen molar-refractivity contribution in [2.24, 2.45) is 0 Å². The van der Waals surface area contributed by atoms with Crippen LogP contribution in [0.2, 0.25) is 0 Å². The highest BCUT2D eigenvalue weighted by molar-refractivity contribution is 5.90. The molecule has 1 unspecified atom stereocenters. The van der Waals surface area contributed by atoms with Crippen LogP contribution in [0.4, 0.5) is 5.69 Å². The molecule has 0 aliphatic carbocycles. The van der Waals surface area contributed by atoms with Gasteiger partial charge in [0.2, 0.25) is 0 Å². The number of phenols is 2. The summed E-state index contributed by atoms with van der Waals surface area (Å²) in [5.41, 5.74) is 5.13. The van der Waals surface area contributed by atoms with Crippen molar-refractivity contribution in [1.82, 2.24) is 14.6 Å². The van der Waals surface area contributed by atoms with Crippen LogP contribution in [-0.2, 0) is 0 Å². The van der Waals surface area contributed by atoms with Crippen molar-refractivity contribution in [2.45, 2.75) is 6.04 Å². The topological polar surface area (TPSA) is 82.7 Å². The Morgan fingerprint density at radius 2 is 1.88 bits per heavy atom. The Morgan fingerprint density at radius 3 is 2.80 bits per heavy atom. The molecular formula is C19H14N4O2. The summed E-state index contributed by atoms with van der Waals surface area (Å²) in [7, 11) is 0. The van der Waals surface area contributed by atoms with Gasteiger partial charge in [-0.3, -0.25) is 0 Å². The highest BCUT2D eigenvalue weighted by Crippen LogP contribution is 2.43. The Bertz CT molecular complexity index is 1120. The van der Waals surface area contributed by atoms with E-state index in [4.69, 9.17) is 0 Å². The van der Waals surface area contributed by atoms with E-state index in [0.717, 1.165) is 28.0 Å². The number of benzene rings is 2. The summed E-state index contributed by atoms with van der Waals surface area (Å²) in [5.74, 6) is 0.222. The number of nitrogens with zero attached hydrogens (tertiary/aromatic N) is 3. The van der Waals surface area contributed by atoms with Crippen molar-refractivity contribution in [3.63, 3.8) is 0 Å². The van der Waals surface area contributed by atoms with E-state index in [1.54, 1.807) is 10.6 Å². The smallest absolute Gasteiger partial charge is 0.137 e. The molecule has 2 aromatic carbocycles. The summed E-state index contributed by atoms with van der Waals surface area (Å²) in [4.78, 5) is 4.50. The Morgan fingerprint density at radius 1 is 1.00 bits per heavy atom. The van der Waals surface area contributed by atoms with E-state index in [9.17, 15) is 10.2 Å². The lowest BCUT2D eigenvalue weighted by Gasteiger charge is -2.20. The zero-order valence-electron chi connectivity index (χ0n) is 13.1. The number of hydrogen-bond donors (Lipinski definition) is 3. The average Bonchev–Trinajstić information content (AvgIpc) is 3.00. The van der Waals surface area contributed by atoms with Crippen LogP contribution in [-0.4, -0.2) is 24.8 Å². The van der Waals surface area contributed by atoms with E-state index in [1.807, 2.05) is 36.5 Å². The van der Waals surface area contributed by atoms with Gasteiger partial charge in [-0.15, -0.1) is 0 Å². The fourth-order valence-electron chi connectivity index (χ4n) is 3.48. The maximum absolute atomic E-state index is 10.4. The predicted octanol–water partition coefficient (Wildman–Crippen LogP) is 3.32. The highest BCUT2D eigenvalue weighted by atomic mass is 16.3. The summed E-state index contributed by atoms with van der Waals surface area (Å²) >= 11 is 0. The molecule has 25 heavy (non-hydrogen) atoms. The second-order valence-corrected chi connectivity index (χ2v) is 6.04. The van der Waals surface area contributed by atoms with E-state index in [1.165, 1.54) is 18.5 Å². The molecule has 1 aliphatic heterocycles. The number of aromatic hydroxyl groups is 2. The van der Waals surface area contributed by atoms with Crippen molar-refractivity contribution in [3.8, 4) is 22.8 Å². The Kier molecular flexibility index (Phi) is 2.76. The third-order valence-corrected chi connectivity index (χ3v) is 4.60. The van der Waals surface area contributed by atoms with Crippen molar-refractivity contribution < 1.29 is 10.2 Å². The van der Waals surface area contributed by atoms with Crippen molar-refractivity contribution >= 4 is 11.2 Å². The molecule has 0 fully saturated rings. The van der Waals surface area contributed by atoms with Gasteiger partial charge in [0.15, 0.2) is 0 Å². The van der Waals surface area contributed by atoms with Gasteiger partial charge in [-0.25, -0.2) is 9.50 Å². The number of rotatable bonds is 1. The molecule has 4 aromatic rings. The minimum absolute atomic E-state index is 0.104. The first-order valence-electron chi connectivity index (χ1n) is 7.92. The predicted molar refractivity (Wildman–Crippen MR) is 93.7 cm³/mol. The number of phenolic OH excluding ortho intramolecular Hbond substituents is 2. The molecule has 6 heteroatoms. The molecule has 122 valence electrons. The molecule has 0 bridgehead atoms. The van der Waals surface area contributed by atoms with Crippen molar-refractivity contribution in [2.75, 3.05) is 5.32 Å². The van der Waals surface area contributed by atoms with E-state index in [-0.39, 0.29) is 17.5 Å². The van der Waals surface area contributed by atoms with Crippen LogP contribution in [0, 0.1) is 0 Å². The van der Waals surface area contributed by atoms with Crippen LogP contribution in [0.25, 0.3) is 16.8 Å². The lowest BCUT2D eigenvalue weighted by atomic mass is 9.98. The molecule has 5 rings (SSSR count). The molecule has 3 heterocycles. The van der Waals surface area contributed by atoms with Crippen LogP contribution in [0.3, 0.4) is 0 Å². The zero-order chi connectivity index (χ0) is 17.0. The molecule has 0 amide bonds. The number of nitrogens with one attached hydrogen (secondary N) is 1. The molecule has 0 spiro atoms. The van der Waals surface area contributed by atoms with Crippen LogP contribution in [0.1, 0.15) is 17.2 Å². The molecule has 2 aromatic heterocycles. The monoisotopic (exact) mass is 330 g/mol. The number of hydrogen-bond acceptors (Lipinski definition) is 5. The van der Waals surface area contributed by atoms with E-state index < -0.39 is 0 Å². The molecule has 1 atom stereocenters. The average molecular weight is 330 g/mol. The van der Waals surface area contributed by atoms with Gasteiger partial charge in [-0.05, 0) is 30.3 Å². The van der Waals surface area contributed by atoms with Crippen molar-refractivity contribution in [3.05, 3.63) is 72.2 Å². The highest BCUT2D eigenvalue weighted by Gasteiger charge is 2.28. The molecular weight excluding hydrogens is 316 g/mol. The lowest BCUT2D eigenvalue weighted by molar-refractivity contribution is 0.453. The molecule has 3 N–H and O–H groups in total. The third-order valence-electron chi connectivity index (χ3n) is 4.60. The molecule has 0 saturated heterocycles. The first-order valence-corrected chi connectivity index (χ1v) is 7.92. The SMILES string of the molecule is Oc1ccc(O)c(C2Nc3ccccc3-c3ncnn4ccc2c34)c1. The number of para-hydroxylation sites is 1. The molecule has 1 aliphatic rings. The van der Waals surface area contributed by atoms with Gasteiger partial charge in [-0.1, -0.05) is 18.2 Å². The molecule has 0 radical (unpaired) electrons. The molecule has 6 nitrogen and oxygen atoms in total. The largest absolute Gasteiger partial charge is 0.508 e. The van der Waals surface area contributed by atoms with Gasteiger partial charge in [-0.2, -0.15) is 5.10 Å². The minimum Gasteiger partial charge on any atom is -0.508 e. The van der Waals surface area contributed by atoms with E-state index in [2.05, 4.69) is 15.4 Å². The van der Waals surface area contributed by atoms with E-state index >= 15 is 0 Å². The molecule has 0 saturated carbocycles. The Balaban J connectivity index is 1.86. The first kappa shape index (κ1) is 13.9. The normalized spacial score (nSPS) is 15.4. The summed E-state index contributed by atoms with van der Waals surface area (Å²) in [6.45, 7) is 0. The van der Waals surface area contributed by atoms with Crippen LogP contribution < -0.4 is 5.32 Å². The Hall–Kier alpha value is -3.54. The standard InChI is InChI=1S/C19H14N4O2/c24-11-5-6-16(25)14(9-11)17-13-7-8-23-19(13)18(20-10-21-23)12-3-1-2-4-15(12)22-17/h1-10,17,22,24-25H. The summed E-state index contributed by atoms with van der Waals surface area (Å²) in [6, 6.07) is 14.1. The van der Waals surface area contributed by atoms with Crippen LogP contribution >= 0.6 is 0 Å². The third kappa shape index (κ3) is 1.97. The van der Waals surface area contributed by atoms with Crippen LogP contribution in [0.15, 0.2) is 61.1 Å². The van der Waals surface area contributed by atoms with Gasteiger partial charge in [0.1, 0.15) is 23.5 Å². The van der Waals surface area contributed by atoms with Gasteiger partial charge >= 0.3 is 0 Å². The first-order chi connectivity index (χ1) is 12.2. The number of anilines is 1. The van der Waals surface area contributed by atoms with Crippen LogP contribution in [0.5, 0.6) is 11.5 Å². The minimum atomic E-state index is -0.342. The summed E-state index contributed by atoms with van der Waals surface area (Å²) < 4.78 is 1.79. The van der Waals surface area contributed by atoms with Crippen molar-refractivity contribution in [1.29, 1.82) is 0 Å². The maximum atomic E-state index is 10.4. The maximum Gasteiger partial charge on any atom is 0.137 e. The number of fused-ring (bicyclic) bond motifs is 2. The van der Waals surface area contributed by atoms with Gasteiger partial charge in [0.25, 0.3) is 0 Å². The van der Waals surface area contributed by atoms with Gasteiger partial charge < -0.3 is 15.5 Å². The summed E-state index contributed by atoms with van der Waals surface area (Å²) in [5, 5.41) is 28.1. The zero-order valence-corrected chi connectivity index (χ0v) is 13.1. The second-order valence-electron chi connectivity index (χ2n) is 6.04. The lowest BCUT2D eigenvalue weighted by Crippen LogP contribution is -2.11. The summed E-state index contributed by atoms with van der Waals surface area (Å²) in [6.07, 6.45) is 3.41. The Labute approximate surface area is 143 Å². The quantitative estimate of drug-likeness (QED) is 0.466. The fraction of sp³-hybridized carbons (Fsp3) is 0.0526. The fourth-order valence-corrected chi connectivity index (χ4v) is 3.48. The second kappa shape index (κ2) is 4.98. The van der Waals surface area contributed by atoms with Gasteiger partial charge in [0, 0.05) is 28.6 Å².